The van der Waals surface area contributed by atoms with E-state index in [-0.39, 0.29) is 11.5 Å². The molecule has 0 saturated heterocycles. The van der Waals surface area contributed by atoms with E-state index >= 15 is 0 Å². The van der Waals surface area contributed by atoms with Gasteiger partial charge in [0.05, 0.1) is 5.75 Å². The normalized spacial score (nSPS) is 11.5. The molecule has 1 aromatic carbocycles. The van der Waals surface area contributed by atoms with E-state index < -0.39 is 9.84 Å². The fourth-order valence-corrected chi connectivity index (χ4v) is 2.59. The van der Waals surface area contributed by atoms with Crippen molar-refractivity contribution in [3.63, 3.8) is 0 Å². The lowest BCUT2D eigenvalue weighted by Gasteiger charge is -2.24. The zero-order valence-electron chi connectivity index (χ0n) is 11.8. The first-order valence-corrected chi connectivity index (χ1v) is 8.52. The van der Waals surface area contributed by atoms with Crippen LogP contribution < -0.4 is 10.6 Å². The van der Waals surface area contributed by atoms with Crippen molar-refractivity contribution in [3.05, 3.63) is 29.8 Å². The van der Waals surface area contributed by atoms with Crippen molar-refractivity contribution < 1.29 is 8.42 Å². The van der Waals surface area contributed by atoms with Crippen molar-refractivity contribution in [2.24, 2.45) is 5.73 Å². The maximum absolute atomic E-state index is 11.6. The SMILES string of the molecule is CCS(=O)(=O)CCN(CCCN)c1ccc(C)cc1. The highest BCUT2D eigenvalue weighted by Crippen LogP contribution is 2.15. The van der Waals surface area contributed by atoms with Crippen molar-refractivity contribution in [2.75, 3.05) is 36.0 Å². The van der Waals surface area contributed by atoms with Crippen molar-refractivity contribution in [1.29, 1.82) is 0 Å². The number of anilines is 1. The summed E-state index contributed by atoms with van der Waals surface area (Å²) in [5, 5.41) is 0. The van der Waals surface area contributed by atoms with Crippen LogP contribution in [0.4, 0.5) is 5.69 Å². The third-order valence-corrected chi connectivity index (χ3v) is 4.83. The molecule has 0 heterocycles. The van der Waals surface area contributed by atoms with Crippen LogP contribution in [0.25, 0.3) is 0 Å². The summed E-state index contributed by atoms with van der Waals surface area (Å²) in [4.78, 5) is 2.10. The number of rotatable bonds is 8. The van der Waals surface area contributed by atoms with Crippen molar-refractivity contribution in [1.82, 2.24) is 0 Å². The van der Waals surface area contributed by atoms with Gasteiger partial charge in [-0.25, -0.2) is 8.42 Å². The predicted molar refractivity (Wildman–Crippen MR) is 81.4 cm³/mol. The third kappa shape index (κ3) is 5.61. The highest BCUT2D eigenvalue weighted by molar-refractivity contribution is 7.91. The van der Waals surface area contributed by atoms with E-state index in [2.05, 4.69) is 4.90 Å². The van der Waals surface area contributed by atoms with Crippen molar-refractivity contribution in [2.45, 2.75) is 20.3 Å². The molecule has 0 fully saturated rings. The monoisotopic (exact) mass is 284 g/mol. The summed E-state index contributed by atoms with van der Waals surface area (Å²) in [5.41, 5.74) is 7.80. The lowest BCUT2D eigenvalue weighted by Crippen LogP contribution is -2.31. The number of nitrogens with zero attached hydrogens (tertiary/aromatic N) is 1. The first-order chi connectivity index (χ1) is 8.98. The Morgan fingerprint density at radius 2 is 1.79 bits per heavy atom. The van der Waals surface area contributed by atoms with Gasteiger partial charge in [0.1, 0.15) is 0 Å². The minimum absolute atomic E-state index is 0.196. The molecule has 0 spiro atoms. The van der Waals surface area contributed by atoms with Gasteiger partial charge in [-0.3, -0.25) is 0 Å². The number of nitrogens with two attached hydrogens (primary N) is 1. The number of sulfone groups is 1. The van der Waals surface area contributed by atoms with Crippen LogP contribution in [0.15, 0.2) is 24.3 Å². The summed E-state index contributed by atoms with van der Waals surface area (Å²) >= 11 is 0. The van der Waals surface area contributed by atoms with Gasteiger partial charge in [0, 0.05) is 24.5 Å². The standard InChI is InChI=1S/C14H24N2O2S/c1-3-19(17,18)12-11-16(10-4-9-15)14-7-5-13(2)6-8-14/h5-8H,3-4,9-12,15H2,1-2H3. The average Bonchev–Trinajstić information content (AvgIpc) is 2.40. The van der Waals surface area contributed by atoms with Crippen molar-refractivity contribution >= 4 is 15.5 Å². The second-order valence-electron chi connectivity index (χ2n) is 4.70. The second-order valence-corrected chi connectivity index (χ2v) is 7.17. The summed E-state index contributed by atoms with van der Waals surface area (Å²) in [6, 6.07) is 8.15. The molecule has 0 aliphatic rings. The zero-order valence-corrected chi connectivity index (χ0v) is 12.6. The van der Waals surface area contributed by atoms with Gasteiger partial charge in [-0.05, 0) is 32.0 Å². The minimum atomic E-state index is -2.93. The van der Waals surface area contributed by atoms with Crippen LogP contribution >= 0.6 is 0 Å². The van der Waals surface area contributed by atoms with Gasteiger partial charge in [-0.15, -0.1) is 0 Å². The maximum Gasteiger partial charge on any atom is 0.151 e. The molecule has 0 radical (unpaired) electrons. The van der Waals surface area contributed by atoms with Gasteiger partial charge in [0.25, 0.3) is 0 Å². The summed E-state index contributed by atoms with van der Waals surface area (Å²) in [5.74, 6) is 0.396. The molecule has 0 unspecified atom stereocenters. The zero-order chi connectivity index (χ0) is 14.3. The van der Waals surface area contributed by atoms with E-state index in [1.807, 2.05) is 31.2 Å². The number of aryl methyl sites for hydroxylation is 1. The minimum Gasteiger partial charge on any atom is -0.370 e. The Bertz CT molecular complexity index is 469. The summed E-state index contributed by atoms with van der Waals surface area (Å²) in [7, 11) is -2.93. The molecule has 108 valence electrons. The van der Waals surface area contributed by atoms with E-state index in [1.165, 1.54) is 5.56 Å². The van der Waals surface area contributed by atoms with Crippen LogP contribution in [-0.4, -0.2) is 39.6 Å². The van der Waals surface area contributed by atoms with E-state index in [9.17, 15) is 8.42 Å². The number of hydrogen-bond acceptors (Lipinski definition) is 4. The largest absolute Gasteiger partial charge is 0.370 e. The van der Waals surface area contributed by atoms with Crippen LogP contribution in [0, 0.1) is 6.92 Å². The summed E-state index contributed by atoms with van der Waals surface area (Å²) < 4.78 is 23.2. The number of benzene rings is 1. The van der Waals surface area contributed by atoms with E-state index in [0.29, 0.717) is 13.1 Å². The molecule has 2 N–H and O–H groups in total. The first-order valence-electron chi connectivity index (χ1n) is 6.70. The molecular formula is C14H24N2O2S. The Balaban J connectivity index is 2.74. The molecule has 0 aromatic heterocycles. The van der Waals surface area contributed by atoms with Gasteiger partial charge in [-0.2, -0.15) is 0 Å². The van der Waals surface area contributed by atoms with Gasteiger partial charge in [0.2, 0.25) is 0 Å². The van der Waals surface area contributed by atoms with E-state index in [1.54, 1.807) is 6.92 Å². The lowest BCUT2D eigenvalue weighted by molar-refractivity contribution is 0.595. The molecule has 0 aliphatic heterocycles. The van der Waals surface area contributed by atoms with Gasteiger partial charge in [-0.1, -0.05) is 24.6 Å². The Morgan fingerprint density at radius 3 is 2.32 bits per heavy atom. The lowest BCUT2D eigenvalue weighted by atomic mass is 10.2. The van der Waals surface area contributed by atoms with Gasteiger partial charge < -0.3 is 10.6 Å². The third-order valence-electron chi connectivity index (χ3n) is 3.14. The topological polar surface area (TPSA) is 63.4 Å². The average molecular weight is 284 g/mol. The Hall–Kier alpha value is -1.07. The first kappa shape index (κ1) is 16.0. The second kappa shape index (κ2) is 7.50. The molecule has 1 rings (SSSR count). The van der Waals surface area contributed by atoms with Gasteiger partial charge >= 0.3 is 0 Å². The molecule has 0 amide bonds. The van der Waals surface area contributed by atoms with Crippen LogP contribution in [0.5, 0.6) is 0 Å². The molecule has 0 saturated carbocycles. The maximum atomic E-state index is 11.6. The van der Waals surface area contributed by atoms with Gasteiger partial charge in [0.15, 0.2) is 9.84 Å². The summed E-state index contributed by atoms with van der Waals surface area (Å²) in [6.07, 6.45) is 0.861. The predicted octanol–water partition coefficient (Wildman–Crippen LogP) is 1.58. The highest BCUT2D eigenvalue weighted by Gasteiger charge is 2.12. The Kier molecular flexibility index (Phi) is 6.31. The quantitative estimate of drug-likeness (QED) is 0.787. The molecule has 4 nitrogen and oxygen atoms in total. The molecule has 0 bridgehead atoms. The molecule has 5 heteroatoms. The fraction of sp³-hybridized carbons (Fsp3) is 0.571. The highest BCUT2D eigenvalue weighted by atomic mass is 32.2. The van der Waals surface area contributed by atoms with Crippen LogP contribution in [0.3, 0.4) is 0 Å². The van der Waals surface area contributed by atoms with Crippen LogP contribution in [-0.2, 0) is 9.84 Å². The van der Waals surface area contributed by atoms with Crippen LogP contribution in [0.2, 0.25) is 0 Å². The molecule has 19 heavy (non-hydrogen) atoms. The summed E-state index contributed by atoms with van der Waals surface area (Å²) in [6.45, 7) is 5.65. The molecule has 0 aliphatic carbocycles. The molecular weight excluding hydrogens is 260 g/mol. The number of hydrogen-bond donors (Lipinski definition) is 1. The smallest absolute Gasteiger partial charge is 0.151 e. The van der Waals surface area contributed by atoms with E-state index in [4.69, 9.17) is 5.73 Å². The molecule has 1 aromatic rings. The Morgan fingerprint density at radius 1 is 1.16 bits per heavy atom. The Labute approximate surface area is 116 Å². The van der Waals surface area contributed by atoms with E-state index in [0.717, 1.165) is 18.7 Å². The fourth-order valence-electron chi connectivity index (χ4n) is 1.80. The van der Waals surface area contributed by atoms with Crippen molar-refractivity contribution in [3.8, 4) is 0 Å². The molecule has 0 atom stereocenters. The van der Waals surface area contributed by atoms with Crippen LogP contribution in [0.1, 0.15) is 18.9 Å².